The van der Waals surface area contributed by atoms with Gasteiger partial charge in [0, 0.05) is 36.1 Å². The zero-order valence-electron chi connectivity index (χ0n) is 17.0. The largest absolute Gasteiger partial charge is 0.494 e. The van der Waals surface area contributed by atoms with Gasteiger partial charge in [-0.05, 0) is 36.4 Å². The minimum Gasteiger partial charge on any atom is -0.494 e. The number of H-pyrrole nitrogens is 1. The van der Waals surface area contributed by atoms with Crippen LogP contribution < -0.4 is 0 Å². The molecule has 1 fully saturated rings. The van der Waals surface area contributed by atoms with Gasteiger partial charge in [-0.3, -0.25) is 4.90 Å². The first-order chi connectivity index (χ1) is 15.1. The molecule has 0 saturated carbocycles. The molecule has 10 heteroatoms. The molecule has 0 atom stereocenters. The van der Waals surface area contributed by atoms with Gasteiger partial charge in [-0.2, -0.15) is 0 Å². The van der Waals surface area contributed by atoms with Crippen LogP contribution in [-0.4, -0.2) is 65.9 Å². The van der Waals surface area contributed by atoms with Gasteiger partial charge < -0.3 is 19.7 Å². The maximum Gasteiger partial charge on any atom is 0.199 e. The van der Waals surface area contributed by atoms with Crippen molar-refractivity contribution in [3.63, 3.8) is 0 Å². The third-order valence-electron chi connectivity index (χ3n) is 5.41. The molecule has 1 saturated heterocycles. The number of benzene rings is 2. The van der Waals surface area contributed by atoms with Gasteiger partial charge in [0.15, 0.2) is 5.88 Å². The van der Waals surface area contributed by atoms with E-state index in [1.165, 1.54) is 36.4 Å². The molecule has 0 bridgehead atoms. The normalized spacial score (nSPS) is 17.3. The van der Waals surface area contributed by atoms with E-state index in [0.29, 0.717) is 59.8 Å². The maximum atomic E-state index is 14.0. The summed E-state index contributed by atoms with van der Waals surface area (Å²) in [5.41, 5.74) is 2.37. The molecule has 2 N–H and O–H groups in total. The third kappa shape index (κ3) is 4.19. The topological polar surface area (TPSA) is 82.4 Å². The van der Waals surface area contributed by atoms with Crippen molar-refractivity contribution in [3.8, 4) is 5.88 Å². The van der Waals surface area contributed by atoms with Gasteiger partial charge in [0.2, 0.25) is 0 Å². The van der Waals surface area contributed by atoms with Crippen LogP contribution in [0, 0.1) is 11.6 Å². The van der Waals surface area contributed by atoms with Crippen LogP contribution in [0.25, 0.3) is 10.9 Å². The van der Waals surface area contributed by atoms with Crippen molar-refractivity contribution in [1.82, 2.24) is 9.88 Å². The van der Waals surface area contributed by atoms with Crippen molar-refractivity contribution >= 4 is 40.4 Å². The number of ether oxygens (including phenoxy) is 1. The Kier molecular flexibility index (Phi) is 6.40. The summed E-state index contributed by atoms with van der Waals surface area (Å²) in [6, 6.07) is 8.30. The second-order valence-electron chi connectivity index (χ2n) is 7.39. The van der Waals surface area contributed by atoms with Gasteiger partial charge in [0.05, 0.1) is 24.5 Å². The SMILES string of the molecule is Cl.Oc1[nH]c2ccc(F)cc2c1C1=Nc2ccc(F)cc2/C1=N\OCCN1CCOCC1. The summed E-state index contributed by atoms with van der Waals surface area (Å²) in [7, 11) is 0. The first-order valence-electron chi connectivity index (χ1n) is 10.00. The first-order valence-corrected chi connectivity index (χ1v) is 10.00. The number of fused-ring (bicyclic) bond motifs is 2. The van der Waals surface area contributed by atoms with E-state index in [0.717, 1.165) is 13.1 Å². The van der Waals surface area contributed by atoms with Crippen molar-refractivity contribution in [1.29, 1.82) is 0 Å². The number of halogens is 3. The molecular formula is C22H21ClF2N4O3. The minimum absolute atomic E-state index is 0. The van der Waals surface area contributed by atoms with E-state index >= 15 is 0 Å². The first kappa shape index (κ1) is 22.2. The zero-order chi connectivity index (χ0) is 21.4. The Morgan fingerprint density at radius 2 is 1.88 bits per heavy atom. The summed E-state index contributed by atoms with van der Waals surface area (Å²) >= 11 is 0. The molecule has 3 aromatic rings. The Balaban J connectivity index is 0.00000245. The highest BCUT2D eigenvalue weighted by Crippen LogP contribution is 2.36. The summed E-state index contributed by atoms with van der Waals surface area (Å²) in [4.78, 5) is 15.1. The van der Waals surface area contributed by atoms with E-state index in [1.54, 1.807) is 0 Å². The average Bonchev–Trinajstić information content (AvgIpc) is 3.27. The van der Waals surface area contributed by atoms with Crippen molar-refractivity contribution in [2.24, 2.45) is 10.1 Å². The maximum absolute atomic E-state index is 14.0. The van der Waals surface area contributed by atoms with Crippen LogP contribution in [0.1, 0.15) is 11.1 Å². The van der Waals surface area contributed by atoms with Crippen molar-refractivity contribution < 1.29 is 23.5 Å². The zero-order valence-corrected chi connectivity index (χ0v) is 17.8. The van der Waals surface area contributed by atoms with Crippen molar-refractivity contribution in [2.45, 2.75) is 0 Å². The monoisotopic (exact) mass is 462 g/mol. The smallest absolute Gasteiger partial charge is 0.199 e. The number of aliphatic imine (C=N–C) groups is 1. The number of rotatable bonds is 5. The number of nitrogens with zero attached hydrogens (tertiary/aromatic N) is 3. The molecule has 3 heterocycles. The molecule has 5 rings (SSSR count). The van der Waals surface area contributed by atoms with E-state index in [9.17, 15) is 13.9 Å². The molecule has 0 unspecified atom stereocenters. The highest BCUT2D eigenvalue weighted by Gasteiger charge is 2.30. The Hall–Kier alpha value is -3.01. The molecule has 1 aromatic heterocycles. The third-order valence-corrected chi connectivity index (χ3v) is 5.41. The quantitative estimate of drug-likeness (QED) is 0.447. The molecule has 0 aliphatic carbocycles. The fraction of sp³-hybridized carbons (Fsp3) is 0.273. The molecule has 2 aromatic carbocycles. The molecule has 0 radical (unpaired) electrons. The van der Waals surface area contributed by atoms with E-state index in [-0.39, 0.29) is 24.0 Å². The minimum atomic E-state index is -0.449. The van der Waals surface area contributed by atoms with Gasteiger partial charge in [-0.1, -0.05) is 5.16 Å². The van der Waals surface area contributed by atoms with E-state index in [1.807, 2.05) is 0 Å². The van der Waals surface area contributed by atoms with E-state index in [2.05, 4.69) is 20.0 Å². The summed E-state index contributed by atoms with van der Waals surface area (Å²) in [6.07, 6.45) is 0. The number of hydrogen-bond acceptors (Lipinski definition) is 6. The lowest BCUT2D eigenvalue weighted by molar-refractivity contribution is 0.0213. The van der Waals surface area contributed by atoms with Crippen molar-refractivity contribution in [3.05, 3.63) is 59.2 Å². The molecule has 7 nitrogen and oxygen atoms in total. The lowest BCUT2D eigenvalue weighted by Crippen LogP contribution is -2.38. The van der Waals surface area contributed by atoms with Crippen LogP contribution in [0.2, 0.25) is 0 Å². The second kappa shape index (κ2) is 9.23. The summed E-state index contributed by atoms with van der Waals surface area (Å²) in [6.45, 7) is 4.04. The van der Waals surface area contributed by atoms with Gasteiger partial charge in [-0.15, -0.1) is 12.4 Å². The summed E-state index contributed by atoms with van der Waals surface area (Å²) in [5.74, 6) is -1.06. The fourth-order valence-electron chi connectivity index (χ4n) is 3.86. The molecular weight excluding hydrogens is 442 g/mol. The Morgan fingerprint density at radius 1 is 1.12 bits per heavy atom. The lowest BCUT2D eigenvalue weighted by Gasteiger charge is -2.25. The Morgan fingerprint density at radius 3 is 2.69 bits per heavy atom. The van der Waals surface area contributed by atoms with Gasteiger partial charge in [0.25, 0.3) is 0 Å². The molecule has 2 aliphatic rings. The van der Waals surface area contributed by atoms with Crippen LogP contribution in [0.15, 0.2) is 46.5 Å². The Bertz CT molecular complexity index is 1210. The van der Waals surface area contributed by atoms with Crippen molar-refractivity contribution in [2.75, 3.05) is 39.5 Å². The predicted molar refractivity (Wildman–Crippen MR) is 120 cm³/mol. The average molecular weight is 463 g/mol. The molecule has 0 spiro atoms. The van der Waals surface area contributed by atoms with Crippen LogP contribution in [-0.2, 0) is 9.57 Å². The number of hydrogen-bond donors (Lipinski definition) is 2. The van der Waals surface area contributed by atoms with Gasteiger partial charge in [0.1, 0.15) is 29.7 Å². The molecule has 2 aliphatic heterocycles. The predicted octanol–water partition coefficient (Wildman–Crippen LogP) is 3.76. The number of aromatic hydroxyl groups is 1. The number of oxime groups is 1. The van der Waals surface area contributed by atoms with E-state index in [4.69, 9.17) is 9.57 Å². The number of nitrogens with one attached hydrogen (secondary N) is 1. The van der Waals surface area contributed by atoms with Crippen LogP contribution in [0.4, 0.5) is 14.5 Å². The highest BCUT2D eigenvalue weighted by molar-refractivity contribution is 6.58. The number of aromatic amines is 1. The lowest BCUT2D eigenvalue weighted by atomic mass is 10.0. The summed E-state index contributed by atoms with van der Waals surface area (Å²) < 4.78 is 33.2. The highest BCUT2D eigenvalue weighted by atomic mass is 35.5. The fourth-order valence-corrected chi connectivity index (χ4v) is 3.86. The van der Waals surface area contributed by atoms with Gasteiger partial charge in [-0.25, -0.2) is 13.8 Å². The van der Waals surface area contributed by atoms with Crippen LogP contribution >= 0.6 is 12.4 Å². The van der Waals surface area contributed by atoms with Crippen LogP contribution in [0.5, 0.6) is 5.88 Å². The molecule has 168 valence electrons. The molecule has 0 amide bonds. The van der Waals surface area contributed by atoms with Gasteiger partial charge >= 0.3 is 0 Å². The Labute approximate surface area is 188 Å². The number of aromatic nitrogens is 1. The van der Waals surface area contributed by atoms with Crippen LogP contribution in [0.3, 0.4) is 0 Å². The van der Waals surface area contributed by atoms with E-state index < -0.39 is 11.6 Å². The molecule has 32 heavy (non-hydrogen) atoms. The number of morpholine rings is 1. The summed E-state index contributed by atoms with van der Waals surface area (Å²) in [5, 5.41) is 15.2. The standard InChI is InChI=1S/C22H20F2N4O3.ClH/c23-13-1-3-17-15(11-13)19(22(29)26-17)21-20(16-12-14(24)2-4-18(16)25-21)27-31-10-7-28-5-8-30-9-6-28;/h1-4,11-12,26,29H,5-10H2;1H/b27-20+;. The second-order valence-corrected chi connectivity index (χ2v) is 7.39.